The lowest BCUT2D eigenvalue weighted by Crippen LogP contribution is -2.44. The van der Waals surface area contributed by atoms with Crippen LogP contribution in [0, 0.1) is 11.3 Å². The number of nitrogens with zero attached hydrogens (tertiary/aromatic N) is 3. The van der Waals surface area contributed by atoms with Gasteiger partial charge in [0.05, 0.1) is 0 Å². The number of hydrogen-bond donors (Lipinski definition) is 1. The van der Waals surface area contributed by atoms with Crippen LogP contribution in [0.2, 0.25) is 0 Å². The van der Waals surface area contributed by atoms with Crippen molar-refractivity contribution in [3.63, 3.8) is 0 Å². The van der Waals surface area contributed by atoms with Crippen LogP contribution in [-0.4, -0.2) is 31.6 Å². The molecule has 1 N–H and O–H groups in total. The minimum absolute atomic E-state index is 0.147. The van der Waals surface area contributed by atoms with Crippen LogP contribution in [0.25, 0.3) is 0 Å². The Kier molecular flexibility index (Phi) is 4.20. The van der Waals surface area contributed by atoms with Crippen molar-refractivity contribution < 1.29 is 14.7 Å². The first-order valence-electron chi connectivity index (χ1n) is 7.09. The summed E-state index contributed by atoms with van der Waals surface area (Å²) in [6.07, 6.45) is 3.89. The van der Waals surface area contributed by atoms with Gasteiger partial charge in [-0.2, -0.15) is 5.10 Å². The quantitative estimate of drug-likeness (QED) is 0.829. The Labute approximate surface area is 118 Å². The summed E-state index contributed by atoms with van der Waals surface area (Å²) in [5, 5.41) is 13.7. The number of Topliss-reactive ketones (excluding diaryl/α,β-unsaturated/α-hetero) is 1. The molecule has 6 nitrogen and oxygen atoms in total. The Balaban J connectivity index is 2.27. The molecule has 1 aliphatic rings. The van der Waals surface area contributed by atoms with Gasteiger partial charge < -0.3 is 5.11 Å². The van der Waals surface area contributed by atoms with Gasteiger partial charge in [-0.3, -0.25) is 9.59 Å². The van der Waals surface area contributed by atoms with Crippen LogP contribution in [0.15, 0.2) is 6.33 Å². The van der Waals surface area contributed by atoms with Gasteiger partial charge in [0.15, 0.2) is 5.78 Å². The van der Waals surface area contributed by atoms with E-state index in [0.29, 0.717) is 31.1 Å². The molecule has 0 aliphatic heterocycles. The van der Waals surface area contributed by atoms with Crippen LogP contribution < -0.4 is 0 Å². The van der Waals surface area contributed by atoms with Crippen LogP contribution in [0.3, 0.4) is 0 Å². The second-order valence-electron chi connectivity index (χ2n) is 5.95. The fourth-order valence-electron chi connectivity index (χ4n) is 2.77. The van der Waals surface area contributed by atoms with Gasteiger partial charge in [-0.15, -0.1) is 0 Å². The highest BCUT2D eigenvalue weighted by molar-refractivity contribution is 6.03. The molecule has 1 aromatic heterocycles. The molecule has 2 rings (SSSR count). The third kappa shape index (κ3) is 2.73. The van der Waals surface area contributed by atoms with E-state index in [-0.39, 0.29) is 12.2 Å². The molecule has 0 amide bonds. The predicted octanol–water partition coefficient (Wildman–Crippen LogP) is 1.69. The molecule has 1 aliphatic carbocycles. The summed E-state index contributed by atoms with van der Waals surface area (Å²) in [7, 11) is 0. The molecule has 6 heteroatoms. The number of rotatable bonds is 5. The first-order chi connectivity index (χ1) is 9.45. The van der Waals surface area contributed by atoms with Crippen molar-refractivity contribution in [3.05, 3.63) is 12.2 Å². The van der Waals surface area contributed by atoms with Crippen molar-refractivity contribution >= 4 is 11.8 Å². The Bertz CT molecular complexity index is 510. The number of hydrogen-bond acceptors (Lipinski definition) is 4. The van der Waals surface area contributed by atoms with Gasteiger partial charge in [0, 0.05) is 19.4 Å². The van der Waals surface area contributed by atoms with Gasteiger partial charge in [0.25, 0.3) is 0 Å². The van der Waals surface area contributed by atoms with Crippen LogP contribution in [0.4, 0.5) is 0 Å². The van der Waals surface area contributed by atoms with Gasteiger partial charge in [-0.25, -0.2) is 9.67 Å². The number of carbonyl (C=O) groups is 2. The summed E-state index contributed by atoms with van der Waals surface area (Å²) in [5.74, 6) is -0.216. The number of aromatic nitrogens is 3. The van der Waals surface area contributed by atoms with Crippen molar-refractivity contribution in [2.45, 2.75) is 52.5 Å². The monoisotopic (exact) mass is 279 g/mol. The van der Waals surface area contributed by atoms with Gasteiger partial charge >= 0.3 is 5.97 Å². The number of carbonyl (C=O) groups excluding carboxylic acids is 1. The van der Waals surface area contributed by atoms with Gasteiger partial charge in [-0.1, -0.05) is 20.3 Å². The maximum Gasteiger partial charge on any atom is 0.317 e. The second kappa shape index (κ2) is 5.73. The molecule has 0 radical (unpaired) electrons. The zero-order valence-corrected chi connectivity index (χ0v) is 12.0. The summed E-state index contributed by atoms with van der Waals surface area (Å²) in [6, 6.07) is 0. The van der Waals surface area contributed by atoms with Crippen LogP contribution >= 0.6 is 0 Å². The third-order valence-corrected chi connectivity index (χ3v) is 3.89. The first kappa shape index (κ1) is 14.7. The summed E-state index contributed by atoms with van der Waals surface area (Å²) in [4.78, 5) is 28.0. The zero-order valence-electron chi connectivity index (χ0n) is 12.0. The molecular weight excluding hydrogens is 258 g/mol. The normalized spacial score (nSPS) is 23.2. The van der Waals surface area contributed by atoms with E-state index in [4.69, 9.17) is 0 Å². The lowest BCUT2D eigenvalue weighted by molar-refractivity contribution is -0.157. The zero-order chi connectivity index (χ0) is 14.8. The molecule has 1 saturated carbocycles. The second-order valence-corrected chi connectivity index (χ2v) is 5.95. The van der Waals surface area contributed by atoms with Crippen molar-refractivity contribution in [2.75, 3.05) is 0 Å². The topological polar surface area (TPSA) is 85.1 Å². The standard InChI is InChI=1S/C14H21N3O3/c1-10(2)8-17-12(15-9-16-17)7-14(13(19)20)6-4-3-5-11(14)18/h9-10H,3-8H2,1-2H3,(H,19,20). The van der Waals surface area contributed by atoms with E-state index in [2.05, 4.69) is 23.9 Å². The summed E-state index contributed by atoms with van der Waals surface area (Å²) in [5.41, 5.74) is -1.31. The molecule has 0 saturated heterocycles. The first-order valence-corrected chi connectivity index (χ1v) is 7.09. The Morgan fingerprint density at radius 2 is 2.25 bits per heavy atom. The highest BCUT2D eigenvalue weighted by atomic mass is 16.4. The molecule has 1 unspecified atom stereocenters. The van der Waals surface area contributed by atoms with Crippen molar-refractivity contribution in [1.29, 1.82) is 0 Å². The fraction of sp³-hybridized carbons (Fsp3) is 0.714. The van der Waals surface area contributed by atoms with Crippen molar-refractivity contribution in [1.82, 2.24) is 14.8 Å². The van der Waals surface area contributed by atoms with E-state index < -0.39 is 11.4 Å². The van der Waals surface area contributed by atoms with Crippen LogP contribution in [0.5, 0.6) is 0 Å². The Morgan fingerprint density at radius 3 is 2.85 bits per heavy atom. The van der Waals surface area contributed by atoms with Crippen molar-refractivity contribution in [2.24, 2.45) is 11.3 Å². The smallest absolute Gasteiger partial charge is 0.317 e. The lowest BCUT2D eigenvalue weighted by Gasteiger charge is -2.31. The minimum Gasteiger partial charge on any atom is -0.480 e. The highest BCUT2D eigenvalue weighted by Crippen LogP contribution is 2.36. The molecule has 20 heavy (non-hydrogen) atoms. The van der Waals surface area contributed by atoms with Gasteiger partial charge in [-0.05, 0) is 18.8 Å². The van der Waals surface area contributed by atoms with E-state index in [1.165, 1.54) is 6.33 Å². The average molecular weight is 279 g/mol. The average Bonchev–Trinajstić information content (AvgIpc) is 2.78. The predicted molar refractivity (Wildman–Crippen MR) is 72.1 cm³/mol. The van der Waals surface area contributed by atoms with E-state index >= 15 is 0 Å². The van der Waals surface area contributed by atoms with Crippen LogP contribution in [-0.2, 0) is 22.6 Å². The molecule has 1 heterocycles. The Morgan fingerprint density at radius 1 is 1.50 bits per heavy atom. The molecule has 1 fully saturated rings. The molecule has 1 atom stereocenters. The van der Waals surface area contributed by atoms with Crippen molar-refractivity contribution in [3.8, 4) is 0 Å². The summed E-state index contributed by atoms with van der Waals surface area (Å²) < 4.78 is 1.72. The Hall–Kier alpha value is -1.72. The summed E-state index contributed by atoms with van der Waals surface area (Å²) >= 11 is 0. The largest absolute Gasteiger partial charge is 0.480 e. The molecular formula is C14H21N3O3. The SMILES string of the molecule is CC(C)Cn1ncnc1CC1(C(=O)O)CCCCC1=O. The number of carboxylic acid groups (broad SMARTS) is 1. The number of aliphatic carboxylic acids is 1. The number of carboxylic acids is 1. The number of ketones is 1. The van der Waals surface area contributed by atoms with E-state index in [9.17, 15) is 14.7 Å². The molecule has 110 valence electrons. The van der Waals surface area contributed by atoms with E-state index in [1.54, 1.807) is 4.68 Å². The molecule has 0 bridgehead atoms. The van der Waals surface area contributed by atoms with E-state index in [1.807, 2.05) is 0 Å². The lowest BCUT2D eigenvalue weighted by atomic mass is 9.70. The maximum absolute atomic E-state index is 12.2. The maximum atomic E-state index is 12.2. The van der Waals surface area contributed by atoms with Crippen LogP contribution in [0.1, 0.15) is 45.4 Å². The minimum atomic E-state index is -1.31. The van der Waals surface area contributed by atoms with E-state index in [0.717, 1.165) is 12.8 Å². The molecule has 0 aromatic carbocycles. The fourth-order valence-corrected chi connectivity index (χ4v) is 2.77. The van der Waals surface area contributed by atoms with Gasteiger partial charge in [0.2, 0.25) is 0 Å². The third-order valence-electron chi connectivity index (χ3n) is 3.89. The van der Waals surface area contributed by atoms with Gasteiger partial charge in [0.1, 0.15) is 17.6 Å². The molecule has 0 spiro atoms. The highest BCUT2D eigenvalue weighted by Gasteiger charge is 2.47. The summed E-state index contributed by atoms with van der Waals surface area (Å²) in [6.45, 7) is 4.80. The molecule has 1 aromatic rings.